The van der Waals surface area contributed by atoms with Crippen LogP contribution in [0.25, 0.3) is 0 Å². The molecule has 2 amide bonds. The lowest BCUT2D eigenvalue weighted by Gasteiger charge is -2.15. The minimum atomic E-state index is -0.478. The molecular formula is C18H21N3O3. The van der Waals surface area contributed by atoms with E-state index in [1.807, 2.05) is 31.2 Å². The molecule has 0 fully saturated rings. The number of pyridine rings is 1. The van der Waals surface area contributed by atoms with Crippen LogP contribution in [0.1, 0.15) is 22.8 Å². The number of benzene rings is 1. The SMILES string of the molecule is CCOc1ccc(CC(CNC(=O)c2ccncc2)C(N)=O)cc1. The first-order valence-corrected chi connectivity index (χ1v) is 7.79. The number of rotatable bonds is 8. The first kappa shape index (κ1) is 17.5. The number of carbonyl (C=O) groups excluding carboxylic acids is 2. The number of amides is 2. The van der Waals surface area contributed by atoms with E-state index < -0.39 is 11.8 Å². The average molecular weight is 327 g/mol. The zero-order chi connectivity index (χ0) is 17.4. The number of hydrogen-bond donors (Lipinski definition) is 2. The van der Waals surface area contributed by atoms with E-state index in [0.29, 0.717) is 18.6 Å². The topological polar surface area (TPSA) is 94.3 Å². The summed E-state index contributed by atoms with van der Waals surface area (Å²) in [6.45, 7) is 2.70. The third-order valence-electron chi connectivity index (χ3n) is 3.57. The molecule has 1 heterocycles. The number of nitrogens with one attached hydrogen (secondary N) is 1. The van der Waals surface area contributed by atoms with Gasteiger partial charge in [-0.25, -0.2) is 0 Å². The minimum absolute atomic E-state index is 0.184. The molecule has 126 valence electrons. The van der Waals surface area contributed by atoms with Crippen molar-refractivity contribution < 1.29 is 14.3 Å². The van der Waals surface area contributed by atoms with Gasteiger partial charge in [-0.2, -0.15) is 0 Å². The Hall–Kier alpha value is -2.89. The molecule has 1 aromatic carbocycles. The summed E-state index contributed by atoms with van der Waals surface area (Å²) in [6, 6.07) is 10.7. The van der Waals surface area contributed by atoms with Crippen LogP contribution in [0.3, 0.4) is 0 Å². The van der Waals surface area contributed by atoms with Gasteiger partial charge < -0.3 is 15.8 Å². The van der Waals surface area contributed by atoms with Crippen LogP contribution in [0.4, 0.5) is 0 Å². The maximum Gasteiger partial charge on any atom is 0.251 e. The Kier molecular flexibility index (Phi) is 6.31. The first-order valence-electron chi connectivity index (χ1n) is 7.79. The van der Waals surface area contributed by atoms with E-state index >= 15 is 0 Å². The summed E-state index contributed by atoms with van der Waals surface area (Å²) >= 11 is 0. The Morgan fingerprint density at radius 1 is 1.17 bits per heavy atom. The Labute approximate surface area is 141 Å². The highest BCUT2D eigenvalue weighted by Gasteiger charge is 2.17. The number of carbonyl (C=O) groups is 2. The van der Waals surface area contributed by atoms with Crippen LogP contribution in [-0.4, -0.2) is 29.9 Å². The molecule has 0 saturated carbocycles. The van der Waals surface area contributed by atoms with Gasteiger partial charge in [-0.1, -0.05) is 12.1 Å². The second-order valence-corrected chi connectivity index (χ2v) is 5.33. The van der Waals surface area contributed by atoms with Gasteiger partial charge in [0.05, 0.1) is 12.5 Å². The molecule has 1 atom stereocenters. The lowest BCUT2D eigenvalue weighted by molar-refractivity contribution is -0.121. The Morgan fingerprint density at radius 2 is 1.83 bits per heavy atom. The van der Waals surface area contributed by atoms with Crippen molar-refractivity contribution in [1.82, 2.24) is 10.3 Å². The predicted molar refractivity (Wildman–Crippen MR) is 90.6 cm³/mol. The van der Waals surface area contributed by atoms with Gasteiger partial charge in [0.2, 0.25) is 5.91 Å². The lowest BCUT2D eigenvalue weighted by atomic mass is 9.98. The van der Waals surface area contributed by atoms with Crippen LogP contribution >= 0.6 is 0 Å². The molecule has 1 aromatic heterocycles. The molecule has 0 aliphatic carbocycles. The maximum atomic E-state index is 12.0. The lowest BCUT2D eigenvalue weighted by Crippen LogP contribution is -2.37. The summed E-state index contributed by atoms with van der Waals surface area (Å²) in [5.41, 5.74) is 6.92. The van der Waals surface area contributed by atoms with Gasteiger partial charge in [0, 0.05) is 24.5 Å². The quantitative estimate of drug-likeness (QED) is 0.769. The number of ether oxygens (including phenoxy) is 1. The highest BCUT2D eigenvalue weighted by molar-refractivity contribution is 5.94. The molecule has 0 aliphatic heterocycles. The summed E-state index contributed by atoms with van der Waals surface area (Å²) in [5, 5.41) is 2.74. The van der Waals surface area contributed by atoms with Gasteiger partial charge in [0.15, 0.2) is 0 Å². The van der Waals surface area contributed by atoms with E-state index in [1.54, 1.807) is 24.5 Å². The van der Waals surface area contributed by atoms with Gasteiger partial charge in [0.25, 0.3) is 5.91 Å². The fraction of sp³-hybridized carbons (Fsp3) is 0.278. The van der Waals surface area contributed by atoms with E-state index in [-0.39, 0.29) is 12.5 Å². The minimum Gasteiger partial charge on any atom is -0.494 e. The number of nitrogens with two attached hydrogens (primary N) is 1. The average Bonchev–Trinajstić information content (AvgIpc) is 2.60. The molecule has 2 aromatic rings. The summed E-state index contributed by atoms with van der Waals surface area (Å²) in [5.74, 6) is -0.397. The fourth-order valence-electron chi connectivity index (χ4n) is 2.27. The highest BCUT2D eigenvalue weighted by Crippen LogP contribution is 2.15. The van der Waals surface area contributed by atoms with Crippen LogP contribution in [0.2, 0.25) is 0 Å². The zero-order valence-electron chi connectivity index (χ0n) is 13.6. The van der Waals surface area contributed by atoms with Crippen molar-refractivity contribution in [2.45, 2.75) is 13.3 Å². The number of nitrogens with zero attached hydrogens (tertiary/aromatic N) is 1. The Bertz CT molecular complexity index is 672. The van der Waals surface area contributed by atoms with Crippen LogP contribution < -0.4 is 15.8 Å². The van der Waals surface area contributed by atoms with Gasteiger partial charge in [-0.15, -0.1) is 0 Å². The van der Waals surface area contributed by atoms with Crippen LogP contribution in [0.15, 0.2) is 48.8 Å². The molecule has 0 radical (unpaired) electrons. The van der Waals surface area contributed by atoms with Crippen molar-refractivity contribution in [2.24, 2.45) is 11.7 Å². The molecule has 6 heteroatoms. The van der Waals surface area contributed by atoms with E-state index in [0.717, 1.165) is 11.3 Å². The molecule has 0 bridgehead atoms. The van der Waals surface area contributed by atoms with Gasteiger partial charge in [-0.3, -0.25) is 14.6 Å². The molecule has 0 saturated heterocycles. The first-order chi connectivity index (χ1) is 11.6. The van der Waals surface area contributed by atoms with Gasteiger partial charge in [0.1, 0.15) is 5.75 Å². The Morgan fingerprint density at radius 3 is 2.42 bits per heavy atom. The summed E-state index contributed by atoms with van der Waals surface area (Å²) in [7, 11) is 0. The molecule has 6 nitrogen and oxygen atoms in total. The number of hydrogen-bond acceptors (Lipinski definition) is 4. The van der Waals surface area contributed by atoms with Crippen molar-refractivity contribution in [2.75, 3.05) is 13.2 Å². The standard InChI is InChI=1S/C18H21N3O3/c1-2-24-16-5-3-13(4-6-16)11-15(17(19)22)12-21-18(23)14-7-9-20-10-8-14/h3-10,15H,2,11-12H2,1H3,(H2,19,22)(H,21,23). The van der Waals surface area contributed by atoms with Crippen LogP contribution in [0.5, 0.6) is 5.75 Å². The van der Waals surface area contributed by atoms with E-state index in [9.17, 15) is 9.59 Å². The largest absolute Gasteiger partial charge is 0.494 e. The molecule has 3 N–H and O–H groups in total. The second kappa shape index (κ2) is 8.67. The van der Waals surface area contributed by atoms with E-state index in [4.69, 9.17) is 10.5 Å². The third kappa shape index (κ3) is 5.08. The second-order valence-electron chi connectivity index (χ2n) is 5.33. The van der Waals surface area contributed by atoms with Crippen molar-refractivity contribution in [1.29, 1.82) is 0 Å². The van der Waals surface area contributed by atoms with Gasteiger partial charge >= 0.3 is 0 Å². The molecule has 0 aliphatic rings. The number of primary amides is 1. The highest BCUT2D eigenvalue weighted by atomic mass is 16.5. The molecule has 24 heavy (non-hydrogen) atoms. The Balaban J connectivity index is 1.94. The summed E-state index contributed by atoms with van der Waals surface area (Å²) < 4.78 is 5.39. The zero-order valence-corrected chi connectivity index (χ0v) is 13.6. The summed E-state index contributed by atoms with van der Waals surface area (Å²) in [6.07, 6.45) is 3.54. The van der Waals surface area contributed by atoms with Crippen molar-refractivity contribution in [3.8, 4) is 5.75 Å². The fourth-order valence-corrected chi connectivity index (χ4v) is 2.27. The van der Waals surface area contributed by atoms with E-state index in [1.165, 1.54) is 0 Å². The summed E-state index contributed by atoms with van der Waals surface area (Å²) in [4.78, 5) is 27.6. The van der Waals surface area contributed by atoms with Crippen LogP contribution in [0, 0.1) is 5.92 Å². The molecule has 2 rings (SSSR count). The number of aromatic nitrogens is 1. The maximum absolute atomic E-state index is 12.0. The smallest absolute Gasteiger partial charge is 0.251 e. The van der Waals surface area contributed by atoms with E-state index in [2.05, 4.69) is 10.3 Å². The molecule has 0 spiro atoms. The predicted octanol–water partition coefficient (Wildman–Crippen LogP) is 1.55. The third-order valence-corrected chi connectivity index (χ3v) is 3.57. The van der Waals surface area contributed by atoms with Crippen molar-refractivity contribution >= 4 is 11.8 Å². The van der Waals surface area contributed by atoms with Crippen molar-refractivity contribution in [3.05, 3.63) is 59.9 Å². The molecular weight excluding hydrogens is 306 g/mol. The normalized spacial score (nSPS) is 11.5. The van der Waals surface area contributed by atoms with Crippen LogP contribution in [-0.2, 0) is 11.2 Å². The van der Waals surface area contributed by atoms with Crippen molar-refractivity contribution in [3.63, 3.8) is 0 Å². The van der Waals surface area contributed by atoms with Gasteiger partial charge in [-0.05, 0) is 43.2 Å². The monoisotopic (exact) mass is 327 g/mol. The molecule has 1 unspecified atom stereocenters.